The highest BCUT2D eigenvalue weighted by molar-refractivity contribution is 7.12. The van der Waals surface area contributed by atoms with E-state index in [1.165, 1.54) is 16.9 Å². The summed E-state index contributed by atoms with van der Waals surface area (Å²) in [6.45, 7) is 0.349. The van der Waals surface area contributed by atoms with Crippen LogP contribution in [0, 0.1) is 0 Å². The number of aromatic amines is 1. The predicted molar refractivity (Wildman–Crippen MR) is 105 cm³/mol. The monoisotopic (exact) mass is 361 g/mol. The van der Waals surface area contributed by atoms with Crippen LogP contribution in [0.25, 0.3) is 5.57 Å². The first kappa shape index (κ1) is 16.5. The van der Waals surface area contributed by atoms with E-state index in [2.05, 4.69) is 34.5 Å². The minimum atomic E-state index is 0.133. The molecule has 1 aliphatic rings. The molecule has 0 amide bonds. The van der Waals surface area contributed by atoms with Crippen molar-refractivity contribution >= 4 is 22.7 Å². The van der Waals surface area contributed by atoms with Gasteiger partial charge in [0.15, 0.2) is 5.78 Å². The van der Waals surface area contributed by atoms with Crippen molar-refractivity contribution < 1.29 is 4.79 Å². The van der Waals surface area contributed by atoms with Crippen molar-refractivity contribution in [1.29, 1.82) is 0 Å². The predicted octanol–water partition coefficient (Wildman–Crippen LogP) is 4.51. The molecule has 130 valence electrons. The van der Waals surface area contributed by atoms with E-state index in [-0.39, 0.29) is 5.78 Å². The summed E-state index contributed by atoms with van der Waals surface area (Å²) in [6.07, 6.45) is 7.71. The molecule has 3 aromatic rings. The third-order valence-electron chi connectivity index (χ3n) is 4.28. The van der Waals surface area contributed by atoms with Crippen LogP contribution in [0.15, 0.2) is 72.4 Å². The summed E-state index contributed by atoms with van der Waals surface area (Å²) in [5.41, 5.74) is 4.39. The van der Waals surface area contributed by atoms with Crippen LogP contribution in [-0.2, 0) is 6.42 Å². The van der Waals surface area contributed by atoms with Gasteiger partial charge in [0, 0.05) is 24.5 Å². The number of hydrogen-bond acceptors (Lipinski definition) is 4. The van der Waals surface area contributed by atoms with Gasteiger partial charge in [0.05, 0.1) is 17.1 Å². The third kappa shape index (κ3) is 3.83. The Kier molecular flexibility index (Phi) is 4.80. The molecule has 0 saturated heterocycles. The van der Waals surface area contributed by atoms with Gasteiger partial charge in [-0.2, -0.15) is 5.10 Å². The van der Waals surface area contributed by atoms with Gasteiger partial charge in [-0.25, -0.2) is 0 Å². The second-order valence-corrected chi connectivity index (χ2v) is 7.20. The highest BCUT2D eigenvalue weighted by atomic mass is 32.1. The molecule has 1 N–H and O–H groups in total. The van der Waals surface area contributed by atoms with Crippen LogP contribution in [0.1, 0.15) is 33.0 Å². The zero-order valence-corrected chi connectivity index (χ0v) is 15.1. The lowest BCUT2D eigenvalue weighted by Crippen LogP contribution is -2.21. The van der Waals surface area contributed by atoms with Crippen molar-refractivity contribution in [2.24, 2.45) is 0 Å². The number of carbonyl (C=O) groups excluding carboxylic acids is 1. The number of thiophene rings is 1. The van der Waals surface area contributed by atoms with E-state index in [4.69, 9.17) is 0 Å². The molecule has 3 heterocycles. The first-order chi connectivity index (χ1) is 12.8. The van der Waals surface area contributed by atoms with Gasteiger partial charge in [-0.3, -0.25) is 9.89 Å². The van der Waals surface area contributed by atoms with E-state index in [0.29, 0.717) is 6.54 Å². The van der Waals surface area contributed by atoms with Gasteiger partial charge in [0.25, 0.3) is 0 Å². The van der Waals surface area contributed by atoms with E-state index in [0.717, 1.165) is 34.7 Å². The van der Waals surface area contributed by atoms with Gasteiger partial charge in [-0.1, -0.05) is 42.5 Å². The molecule has 26 heavy (non-hydrogen) atoms. The van der Waals surface area contributed by atoms with E-state index in [1.54, 1.807) is 0 Å². The summed E-state index contributed by atoms with van der Waals surface area (Å²) in [4.78, 5) is 15.0. The normalized spacial score (nSPS) is 13.7. The minimum Gasteiger partial charge on any atom is -0.346 e. The molecule has 4 nitrogen and oxygen atoms in total. The fraction of sp³-hybridized carbons (Fsp3) is 0.143. The maximum atomic E-state index is 12.3. The maximum Gasteiger partial charge on any atom is 0.192 e. The number of allylic oxidation sites excluding steroid dienone is 2. The smallest absolute Gasteiger partial charge is 0.192 e. The zero-order chi connectivity index (χ0) is 17.8. The summed E-state index contributed by atoms with van der Waals surface area (Å²) < 4.78 is 0. The molecule has 1 aliphatic heterocycles. The van der Waals surface area contributed by atoms with Crippen molar-refractivity contribution in [3.05, 3.63) is 94.2 Å². The van der Waals surface area contributed by atoms with Gasteiger partial charge in [0.1, 0.15) is 0 Å². The van der Waals surface area contributed by atoms with Crippen LogP contribution in [0.5, 0.6) is 0 Å². The van der Waals surface area contributed by atoms with E-state index in [1.807, 2.05) is 53.0 Å². The molecule has 0 fully saturated rings. The minimum absolute atomic E-state index is 0.133. The number of hydrogen-bond donors (Lipinski definition) is 1. The first-order valence-electron chi connectivity index (χ1n) is 8.56. The summed E-state index contributed by atoms with van der Waals surface area (Å²) in [7, 11) is 0. The number of Topliss-reactive ketones (excluding diaryl/α,β-unsaturated/α-hetero) is 1. The molecule has 0 unspecified atom stereocenters. The standard InChI is InChI=1S/C21H19N3OS/c25-20(21-9-5-11-26-21)15-24-10-4-8-17(14-24)19-13-18(22-23-19)12-16-6-2-1-3-7-16/h1-7,9-11,13-14H,8,12,15H2,(H,22,23). The molecule has 4 rings (SSSR count). The van der Waals surface area contributed by atoms with Crippen molar-refractivity contribution in [3.63, 3.8) is 0 Å². The van der Waals surface area contributed by atoms with Crippen molar-refractivity contribution in [1.82, 2.24) is 15.1 Å². The highest BCUT2D eigenvalue weighted by Crippen LogP contribution is 2.23. The lowest BCUT2D eigenvalue weighted by molar-refractivity contribution is 0.0973. The summed E-state index contributed by atoms with van der Waals surface area (Å²) in [5, 5.41) is 9.52. The third-order valence-corrected chi connectivity index (χ3v) is 5.19. The lowest BCUT2D eigenvalue weighted by atomic mass is 10.1. The van der Waals surface area contributed by atoms with Crippen molar-refractivity contribution in [3.8, 4) is 0 Å². The van der Waals surface area contributed by atoms with Gasteiger partial charge >= 0.3 is 0 Å². The van der Waals surface area contributed by atoms with Crippen LogP contribution < -0.4 is 0 Å². The Hall–Kier alpha value is -2.92. The molecule has 0 bridgehead atoms. The molecular weight excluding hydrogens is 342 g/mol. The fourth-order valence-corrected chi connectivity index (χ4v) is 3.65. The van der Waals surface area contributed by atoms with Crippen LogP contribution >= 0.6 is 11.3 Å². The van der Waals surface area contributed by atoms with Crippen LogP contribution in [0.3, 0.4) is 0 Å². The number of carbonyl (C=O) groups is 1. The van der Waals surface area contributed by atoms with Gasteiger partial charge in [-0.05, 0) is 35.1 Å². The van der Waals surface area contributed by atoms with Gasteiger partial charge < -0.3 is 4.90 Å². The lowest BCUT2D eigenvalue weighted by Gasteiger charge is -2.19. The van der Waals surface area contributed by atoms with E-state index >= 15 is 0 Å². The molecule has 0 atom stereocenters. The van der Waals surface area contributed by atoms with Crippen LogP contribution in [0.2, 0.25) is 0 Å². The topological polar surface area (TPSA) is 49.0 Å². The zero-order valence-electron chi connectivity index (χ0n) is 14.3. The molecule has 1 aromatic carbocycles. The fourth-order valence-electron chi connectivity index (χ4n) is 2.99. The summed E-state index contributed by atoms with van der Waals surface area (Å²) >= 11 is 1.48. The second kappa shape index (κ2) is 7.54. The molecule has 0 aliphatic carbocycles. The summed E-state index contributed by atoms with van der Waals surface area (Å²) in [5.74, 6) is 0.133. The number of nitrogens with zero attached hydrogens (tertiary/aromatic N) is 2. The number of benzene rings is 1. The number of nitrogens with one attached hydrogen (secondary N) is 1. The number of aromatic nitrogens is 2. The molecule has 0 saturated carbocycles. The SMILES string of the molecule is O=C(CN1C=CCC(c2cc(Cc3ccccc3)[nH]n2)=C1)c1cccs1. The van der Waals surface area contributed by atoms with Crippen molar-refractivity contribution in [2.45, 2.75) is 12.8 Å². The Morgan fingerprint density at radius 2 is 2.08 bits per heavy atom. The summed E-state index contributed by atoms with van der Waals surface area (Å²) in [6, 6.07) is 16.2. The largest absolute Gasteiger partial charge is 0.346 e. The molecule has 5 heteroatoms. The van der Waals surface area contributed by atoms with Crippen molar-refractivity contribution in [2.75, 3.05) is 6.54 Å². The van der Waals surface area contributed by atoms with E-state index < -0.39 is 0 Å². The van der Waals surface area contributed by atoms with Crippen LogP contribution in [-0.4, -0.2) is 27.4 Å². The molecular formula is C21H19N3OS. The molecule has 2 aromatic heterocycles. The Morgan fingerprint density at radius 3 is 2.88 bits per heavy atom. The highest BCUT2D eigenvalue weighted by Gasteiger charge is 2.15. The van der Waals surface area contributed by atoms with Gasteiger partial charge in [0.2, 0.25) is 0 Å². The van der Waals surface area contributed by atoms with E-state index in [9.17, 15) is 4.79 Å². The van der Waals surface area contributed by atoms with Crippen LogP contribution in [0.4, 0.5) is 0 Å². The number of H-pyrrole nitrogens is 1. The first-order valence-corrected chi connectivity index (χ1v) is 9.44. The quantitative estimate of drug-likeness (QED) is 0.658. The number of rotatable bonds is 6. The number of ketones is 1. The molecule has 0 radical (unpaired) electrons. The second-order valence-electron chi connectivity index (χ2n) is 6.26. The Labute approximate surface area is 156 Å². The Bertz CT molecular complexity index is 939. The maximum absolute atomic E-state index is 12.3. The Morgan fingerprint density at radius 1 is 1.19 bits per heavy atom. The average molecular weight is 361 g/mol. The average Bonchev–Trinajstić information content (AvgIpc) is 3.35. The molecule has 0 spiro atoms. The Balaban J connectivity index is 1.45. The van der Waals surface area contributed by atoms with Gasteiger partial charge in [-0.15, -0.1) is 11.3 Å².